The fourth-order valence-electron chi connectivity index (χ4n) is 0.357. The number of rotatable bonds is 5. The maximum absolute atomic E-state index is 12.1. The average Bonchev–Trinajstić information content (AvgIpc) is 2.00. The van der Waals surface area contributed by atoms with Crippen molar-refractivity contribution in [2.45, 2.75) is 12.0 Å². The predicted octanol–water partition coefficient (Wildman–Crippen LogP) is 1.19. The Morgan fingerprint density at radius 1 is 1.17 bits per heavy atom. The van der Waals surface area contributed by atoms with Crippen LogP contribution in [0, 0.1) is 0 Å². The molecule has 0 amide bonds. The van der Waals surface area contributed by atoms with Gasteiger partial charge < -0.3 is 9.84 Å². The zero-order valence-corrected chi connectivity index (χ0v) is 5.87. The molecule has 74 valence electrons. The van der Waals surface area contributed by atoms with E-state index in [4.69, 9.17) is 5.11 Å². The van der Waals surface area contributed by atoms with E-state index in [0.717, 1.165) is 0 Å². The van der Waals surface area contributed by atoms with Gasteiger partial charge in [0.25, 0.3) is 0 Å². The highest BCUT2D eigenvalue weighted by molar-refractivity contribution is 4.75. The molecule has 12 heavy (non-hydrogen) atoms. The predicted molar refractivity (Wildman–Crippen MR) is 28.9 cm³/mol. The van der Waals surface area contributed by atoms with Gasteiger partial charge in [-0.05, 0) is 0 Å². The molecule has 1 N–H and O–H groups in total. The Bertz CT molecular complexity index is 138. The van der Waals surface area contributed by atoms with Gasteiger partial charge in [0.05, 0.1) is 13.2 Å². The molecule has 0 saturated carbocycles. The number of hydrogen-bond donors (Lipinski definition) is 1. The van der Waals surface area contributed by atoms with Crippen LogP contribution in [-0.4, -0.2) is 37.0 Å². The van der Waals surface area contributed by atoms with E-state index in [-0.39, 0.29) is 0 Å². The lowest BCUT2D eigenvalue weighted by molar-refractivity contribution is -0.350. The summed E-state index contributed by atoms with van der Waals surface area (Å²) in [5, 5.41) is 7.97. The average molecular weight is 194 g/mol. The monoisotopic (exact) mass is 194 g/mol. The molecule has 0 heterocycles. The summed E-state index contributed by atoms with van der Waals surface area (Å²) in [5.74, 6) is -4.85. The van der Waals surface area contributed by atoms with Crippen LogP contribution in [0.3, 0.4) is 0 Å². The first-order valence-electron chi connectivity index (χ1n) is 2.94. The maximum Gasteiger partial charge on any atom is 0.422 e. The second-order valence-electron chi connectivity index (χ2n) is 1.93. The molecule has 0 aliphatic rings. The standard InChI is InChI=1S/C5H7F5O2/c6-3-4(7,8)5(9,10)12-2-1-11/h11H,1-3H2. The van der Waals surface area contributed by atoms with Gasteiger partial charge in [-0.3, -0.25) is 0 Å². The fraction of sp³-hybridized carbons (Fsp3) is 1.00. The number of halogens is 5. The minimum absolute atomic E-state index is 0.835. The SMILES string of the molecule is OCCOC(F)(F)C(F)(F)CF. The first-order chi connectivity index (χ1) is 5.37. The van der Waals surface area contributed by atoms with Crippen molar-refractivity contribution >= 4 is 0 Å². The highest BCUT2D eigenvalue weighted by atomic mass is 19.3. The van der Waals surface area contributed by atoms with Crippen LogP contribution in [0.25, 0.3) is 0 Å². The molecule has 0 aromatic rings. The van der Waals surface area contributed by atoms with Gasteiger partial charge in [-0.1, -0.05) is 0 Å². The van der Waals surface area contributed by atoms with Crippen LogP contribution >= 0.6 is 0 Å². The Labute approximate surface area is 64.9 Å². The van der Waals surface area contributed by atoms with E-state index >= 15 is 0 Å². The van der Waals surface area contributed by atoms with E-state index in [1.165, 1.54) is 0 Å². The van der Waals surface area contributed by atoms with Crippen molar-refractivity contribution in [2.75, 3.05) is 19.9 Å². The van der Waals surface area contributed by atoms with Gasteiger partial charge in [0.1, 0.15) is 0 Å². The zero-order valence-electron chi connectivity index (χ0n) is 5.87. The van der Waals surface area contributed by atoms with Gasteiger partial charge >= 0.3 is 12.0 Å². The van der Waals surface area contributed by atoms with Crippen molar-refractivity contribution in [3.63, 3.8) is 0 Å². The molecule has 0 aliphatic heterocycles. The lowest BCUT2D eigenvalue weighted by atomic mass is 10.3. The molecule has 0 saturated heterocycles. The van der Waals surface area contributed by atoms with Gasteiger partial charge in [-0.25, -0.2) is 4.39 Å². The van der Waals surface area contributed by atoms with Crippen molar-refractivity contribution in [3.8, 4) is 0 Å². The molecule has 2 nitrogen and oxygen atoms in total. The van der Waals surface area contributed by atoms with Crippen LogP contribution in [0.1, 0.15) is 0 Å². The largest absolute Gasteiger partial charge is 0.422 e. The van der Waals surface area contributed by atoms with Crippen LogP contribution in [0.5, 0.6) is 0 Å². The Morgan fingerprint density at radius 3 is 2.00 bits per heavy atom. The summed E-state index contributed by atoms with van der Waals surface area (Å²) in [5.41, 5.74) is 0. The van der Waals surface area contributed by atoms with Gasteiger partial charge in [-0.2, -0.15) is 17.6 Å². The molecular weight excluding hydrogens is 187 g/mol. The van der Waals surface area contributed by atoms with Crippen LogP contribution in [0.15, 0.2) is 0 Å². The smallest absolute Gasteiger partial charge is 0.394 e. The van der Waals surface area contributed by atoms with Gasteiger partial charge in [-0.15, -0.1) is 0 Å². The number of hydrogen-bond acceptors (Lipinski definition) is 2. The van der Waals surface area contributed by atoms with Gasteiger partial charge in [0, 0.05) is 0 Å². The Balaban J connectivity index is 4.17. The molecule has 0 aliphatic carbocycles. The normalized spacial score (nSPS) is 13.5. The quantitative estimate of drug-likeness (QED) is 0.666. The van der Waals surface area contributed by atoms with Gasteiger partial charge in [0.2, 0.25) is 0 Å². The minimum atomic E-state index is -4.87. The highest BCUT2D eigenvalue weighted by Crippen LogP contribution is 2.35. The van der Waals surface area contributed by atoms with Crippen LogP contribution < -0.4 is 0 Å². The number of ether oxygens (including phenoxy) is 1. The topological polar surface area (TPSA) is 29.5 Å². The molecule has 0 aromatic carbocycles. The molecule has 0 atom stereocenters. The van der Waals surface area contributed by atoms with E-state index in [1.807, 2.05) is 0 Å². The van der Waals surface area contributed by atoms with Gasteiger partial charge in [0.15, 0.2) is 6.67 Å². The van der Waals surface area contributed by atoms with Crippen molar-refractivity contribution in [2.24, 2.45) is 0 Å². The molecule has 0 unspecified atom stereocenters. The first-order valence-corrected chi connectivity index (χ1v) is 2.94. The third kappa shape index (κ3) is 2.56. The molecule has 0 fully saturated rings. The lowest BCUT2D eigenvalue weighted by Gasteiger charge is -2.23. The second-order valence-corrected chi connectivity index (χ2v) is 1.93. The molecule has 0 radical (unpaired) electrons. The van der Waals surface area contributed by atoms with E-state index in [9.17, 15) is 22.0 Å². The Morgan fingerprint density at radius 2 is 1.67 bits per heavy atom. The lowest BCUT2D eigenvalue weighted by Crippen LogP contribution is -2.45. The fourth-order valence-corrected chi connectivity index (χ4v) is 0.357. The summed E-state index contributed by atoms with van der Waals surface area (Å²) < 4.78 is 62.6. The number of aliphatic hydroxyl groups is 1. The number of alkyl halides is 5. The molecule has 0 bridgehead atoms. The highest BCUT2D eigenvalue weighted by Gasteiger charge is 2.58. The van der Waals surface area contributed by atoms with E-state index < -0.39 is 31.9 Å². The van der Waals surface area contributed by atoms with Crippen LogP contribution in [0.4, 0.5) is 22.0 Å². The Kier molecular flexibility index (Phi) is 3.85. The molecule has 0 aromatic heterocycles. The summed E-state index contributed by atoms with van der Waals surface area (Å²) in [7, 11) is 0. The van der Waals surface area contributed by atoms with Crippen molar-refractivity contribution in [3.05, 3.63) is 0 Å². The molecular formula is C5H7F5O2. The summed E-state index contributed by atoms with van der Waals surface area (Å²) in [4.78, 5) is 0. The second kappa shape index (κ2) is 3.99. The van der Waals surface area contributed by atoms with Crippen LogP contribution in [-0.2, 0) is 4.74 Å². The summed E-state index contributed by atoms with van der Waals surface area (Å²) in [6.45, 7) is -4.31. The minimum Gasteiger partial charge on any atom is -0.394 e. The molecule has 0 spiro atoms. The van der Waals surface area contributed by atoms with E-state index in [2.05, 4.69) is 4.74 Å². The third-order valence-corrected chi connectivity index (χ3v) is 0.968. The van der Waals surface area contributed by atoms with E-state index in [1.54, 1.807) is 0 Å². The Hall–Kier alpha value is -0.430. The van der Waals surface area contributed by atoms with Crippen molar-refractivity contribution in [1.29, 1.82) is 0 Å². The number of aliphatic hydroxyl groups excluding tert-OH is 1. The third-order valence-electron chi connectivity index (χ3n) is 0.968. The zero-order chi connectivity index (χ0) is 9.83. The van der Waals surface area contributed by atoms with E-state index in [0.29, 0.717) is 0 Å². The summed E-state index contributed by atoms with van der Waals surface area (Å²) in [6.07, 6.45) is -4.87. The first kappa shape index (κ1) is 11.6. The maximum atomic E-state index is 12.1. The van der Waals surface area contributed by atoms with Crippen LogP contribution in [0.2, 0.25) is 0 Å². The summed E-state index contributed by atoms with van der Waals surface area (Å²) >= 11 is 0. The molecule has 7 heteroatoms. The molecule has 0 rings (SSSR count). The summed E-state index contributed by atoms with van der Waals surface area (Å²) in [6, 6.07) is 0. The van der Waals surface area contributed by atoms with Crippen molar-refractivity contribution < 1.29 is 31.8 Å². The van der Waals surface area contributed by atoms with Crippen molar-refractivity contribution in [1.82, 2.24) is 0 Å².